The van der Waals surface area contributed by atoms with E-state index in [1.807, 2.05) is 31.2 Å². The molecule has 18 heavy (non-hydrogen) atoms. The fraction of sp³-hybridized carbons (Fsp3) is 0.533. The Balaban J connectivity index is 1.82. The summed E-state index contributed by atoms with van der Waals surface area (Å²) in [6.45, 7) is 5.09. The summed E-state index contributed by atoms with van der Waals surface area (Å²) in [5.74, 6) is 0.640. The molecular weight excluding hydrogens is 224 g/mol. The van der Waals surface area contributed by atoms with Gasteiger partial charge in [0, 0.05) is 18.7 Å². The second-order valence-electron chi connectivity index (χ2n) is 5.35. The molecule has 1 heterocycles. The first-order valence-electron chi connectivity index (χ1n) is 6.68. The average molecular weight is 246 g/mol. The maximum atomic E-state index is 12.0. The summed E-state index contributed by atoms with van der Waals surface area (Å²) in [4.78, 5) is 14.3. The number of benzene rings is 1. The third-order valence-electron chi connectivity index (χ3n) is 3.59. The van der Waals surface area contributed by atoms with Crippen LogP contribution in [0.2, 0.25) is 0 Å². The summed E-state index contributed by atoms with van der Waals surface area (Å²) < 4.78 is 0. The summed E-state index contributed by atoms with van der Waals surface area (Å²) >= 11 is 0. The van der Waals surface area contributed by atoms with Crippen molar-refractivity contribution in [3.05, 3.63) is 35.4 Å². The maximum Gasteiger partial charge on any atom is 0.251 e. The Kier molecular flexibility index (Phi) is 4.37. The Bertz CT molecular complexity index is 399. The van der Waals surface area contributed by atoms with E-state index in [4.69, 9.17) is 0 Å². The number of rotatable bonds is 3. The molecule has 0 radical (unpaired) electrons. The highest BCUT2D eigenvalue weighted by Crippen LogP contribution is 2.14. The Morgan fingerprint density at radius 2 is 2.11 bits per heavy atom. The van der Waals surface area contributed by atoms with Crippen LogP contribution in [0.15, 0.2) is 24.3 Å². The van der Waals surface area contributed by atoms with Crippen molar-refractivity contribution in [1.82, 2.24) is 10.2 Å². The van der Waals surface area contributed by atoms with Crippen LogP contribution >= 0.6 is 0 Å². The standard InChI is InChI=1S/C15H22N2O/c1-12-5-7-14(8-6-12)15(18)16-10-13-4-3-9-17(2)11-13/h5-8,13H,3-4,9-11H2,1-2H3,(H,16,18). The maximum absolute atomic E-state index is 12.0. The van der Waals surface area contributed by atoms with E-state index in [-0.39, 0.29) is 5.91 Å². The Hall–Kier alpha value is -1.35. The fourth-order valence-corrected chi connectivity index (χ4v) is 2.48. The van der Waals surface area contributed by atoms with Crippen molar-refractivity contribution in [3.63, 3.8) is 0 Å². The number of carbonyl (C=O) groups excluding carboxylic acids is 1. The second kappa shape index (κ2) is 6.01. The quantitative estimate of drug-likeness (QED) is 0.885. The summed E-state index contributed by atoms with van der Waals surface area (Å²) in [5.41, 5.74) is 1.94. The highest BCUT2D eigenvalue weighted by atomic mass is 16.1. The molecule has 3 nitrogen and oxygen atoms in total. The van der Waals surface area contributed by atoms with E-state index in [0.29, 0.717) is 5.92 Å². The number of carbonyl (C=O) groups is 1. The molecule has 3 heteroatoms. The van der Waals surface area contributed by atoms with Gasteiger partial charge in [-0.05, 0) is 51.4 Å². The van der Waals surface area contributed by atoms with Gasteiger partial charge in [-0.15, -0.1) is 0 Å². The summed E-state index contributed by atoms with van der Waals surface area (Å²) in [6.07, 6.45) is 2.46. The third-order valence-corrected chi connectivity index (χ3v) is 3.59. The van der Waals surface area contributed by atoms with Crippen molar-refractivity contribution >= 4 is 5.91 Å². The number of hydrogen-bond acceptors (Lipinski definition) is 2. The lowest BCUT2D eigenvalue weighted by Gasteiger charge is -2.29. The highest BCUT2D eigenvalue weighted by molar-refractivity contribution is 5.94. The molecule has 0 bridgehead atoms. The molecule has 1 fully saturated rings. The monoisotopic (exact) mass is 246 g/mol. The predicted octanol–water partition coefficient (Wildman–Crippen LogP) is 2.07. The smallest absolute Gasteiger partial charge is 0.251 e. The number of nitrogens with one attached hydrogen (secondary N) is 1. The molecule has 0 saturated carbocycles. The number of hydrogen-bond donors (Lipinski definition) is 1. The number of nitrogens with zero attached hydrogens (tertiary/aromatic N) is 1. The Labute approximate surface area is 109 Å². The zero-order valence-electron chi connectivity index (χ0n) is 11.3. The Morgan fingerprint density at radius 3 is 2.78 bits per heavy atom. The van der Waals surface area contributed by atoms with Gasteiger partial charge in [-0.1, -0.05) is 17.7 Å². The molecular formula is C15H22N2O. The van der Waals surface area contributed by atoms with Crippen LogP contribution in [-0.2, 0) is 0 Å². The summed E-state index contributed by atoms with van der Waals surface area (Å²) in [6, 6.07) is 7.72. The molecule has 1 aromatic rings. The molecule has 1 atom stereocenters. The van der Waals surface area contributed by atoms with E-state index < -0.39 is 0 Å². The van der Waals surface area contributed by atoms with Crippen LogP contribution in [0.1, 0.15) is 28.8 Å². The van der Waals surface area contributed by atoms with Crippen LogP contribution in [0.4, 0.5) is 0 Å². The lowest BCUT2D eigenvalue weighted by molar-refractivity contribution is 0.0937. The first kappa shape index (κ1) is 13.1. The van der Waals surface area contributed by atoms with Gasteiger partial charge in [0.1, 0.15) is 0 Å². The van der Waals surface area contributed by atoms with Crippen LogP contribution in [0.25, 0.3) is 0 Å². The van der Waals surface area contributed by atoms with Crippen LogP contribution in [0, 0.1) is 12.8 Å². The lowest BCUT2D eigenvalue weighted by atomic mass is 9.98. The van der Waals surface area contributed by atoms with Crippen LogP contribution in [0.3, 0.4) is 0 Å². The van der Waals surface area contributed by atoms with Gasteiger partial charge in [0.25, 0.3) is 5.91 Å². The van der Waals surface area contributed by atoms with E-state index in [1.54, 1.807) is 0 Å². The summed E-state index contributed by atoms with van der Waals surface area (Å²) in [7, 11) is 2.15. The van der Waals surface area contributed by atoms with Gasteiger partial charge in [0.2, 0.25) is 0 Å². The number of piperidine rings is 1. The molecule has 0 aromatic heterocycles. The molecule has 0 spiro atoms. The van der Waals surface area contributed by atoms with Crippen LogP contribution in [-0.4, -0.2) is 37.5 Å². The number of aryl methyl sites for hydroxylation is 1. The normalized spacial score (nSPS) is 20.7. The average Bonchev–Trinajstić information content (AvgIpc) is 2.37. The van der Waals surface area contributed by atoms with Gasteiger partial charge in [0.15, 0.2) is 0 Å². The SMILES string of the molecule is Cc1ccc(C(=O)NCC2CCCN(C)C2)cc1. The van der Waals surface area contributed by atoms with E-state index in [0.717, 1.165) is 18.7 Å². The van der Waals surface area contributed by atoms with E-state index >= 15 is 0 Å². The third kappa shape index (κ3) is 3.57. The molecule has 0 aliphatic carbocycles. The van der Waals surface area contributed by atoms with Gasteiger partial charge < -0.3 is 10.2 Å². The minimum Gasteiger partial charge on any atom is -0.352 e. The Morgan fingerprint density at radius 1 is 1.39 bits per heavy atom. The van der Waals surface area contributed by atoms with Gasteiger partial charge >= 0.3 is 0 Å². The van der Waals surface area contributed by atoms with Crippen molar-refractivity contribution < 1.29 is 4.79 Å². The minimum atomic E-state index is 0.0447. The zero-order chi connectivity index (χ0) is 13.0. The van der Waals surface area contributed by atoms with Crippen molar-refractivity contribution in [2.24, 2.45) is 5.92 Å². The second-order valence-corrected chi connectivity index (χ2v) is 5.35. The van der Waals surface area contributed by atoms with Crippen molar-refractivity contribution in [3.8, 4) is 0 Å². The van der Waals surface area contributed by atoms with E-state index in [2.05, 4.69) is 17.3 Å². The van der Waals surface area contributed by atoms with E-state index in [9.17, 15) is 4.79 Å². The van der Waals surface area contributed by atoms with Gasteiger partial charge in [-0.2, -0.15) is 0 Å². The van der Waals surface area contributed by atoms with Crippen molar-refractivity contribution in [2.45, 2.75) is 19.8 Å². The molecule has 98 valence electrons. The number of likely N-dealkylation sites (tertiary alicyclic amines) is 1. The van der Waals surface area contributed by atoms with Crippen molar-refractivity contribution in [2.75, 3.05) is 26.7 Å². The minimum absolute atomic E-state index is 0.0447. The molecule has 1 N–H and O–H groups in total. The molecule has 1 unspecified atom stereocenters. The van der Waals surface area contributed by atoms with Gasteiger partial charge in [0.05, 0.1) is 0 Å². The van der Waals surface area contributed by atoms with Gasteiger partial charge in [-0.25, -0.2) is 0 Å². The van der Waals surface area contributed by atoms with Gasteiger partial charge in [-0.3, -0.25) is 4.79 Å². The van der Waals surface area contributed by atoms with Crippen LogP contribution in [0.5, 0.6) is 0 Å². The molecule has 1 aromatic carbocycles. The molecule has 2 rings (SSSR count). The van der Waals surface area contributed by atoms with Crippen LogP contribution < -0.4 is 5.32 Å². The van der Waals surface area contributed by atoms with Crippen molar-refractivity contribution in [1.29, 1.82) is 0 Å². The molecule has 1 amide bonds. The predicted molar refractivity (Wildman–Crippen MR) is 73.7 cm³/mol. The highest BCUT2D eigenvalue weighted by Gasteiger charge is 2.17. The first-order chi connectivity index (χ1) is 8.65. The van der Waals surface area contributed by atoms with E-state index in [1.165, 1.54) is 24.9 Å². The lowest BCUT2D eigenvalue weighted by Crippen LogP contribution is -2.39. The zero-order valence-corrected chi connectivity index (χ0v) is 11.3. The number of amides is 1. The first-order valence-corrected chi connectivity index (χ1v) is 6.68. The fourth-order valence-electron chi connectivity index (χ4n) is 2.48. The topological polar surface area (TPSA) is 32.3 Å². The molecule has 1 saturated heterocycles. The summed E-state index contributed by atoms with van der Waals surface area (Å²) in [5, 5.41) is 3.04. The molecule has 1 aliphatic heterocycles. The largest absolute Gasteiger partial charge is 0.352 e. The molecule has 1 aliphatic rings.